The van der Waals surface area contributed by atoms with Gasteiger partial charge >= 0.3 is 0 Å². The van der Waals surface area contributed by atoms with E-state index in [0.717, 1.165) is 24.8 Å². The van der Waals surface area contributed by atoms with Gasteiger partial charge in [-0.1, -0.05) is 36.2 Å². The molecule has 0 aromatic heterocycles. The molecule has 0 bridgehead atoms. The number of hydrogen-bond donors (Lipinski definition) is 2. The van der Waals surface area contributed by atoms with Crippen LogP contribution in [0.3, 0.4) is 0 Å². The Balaban J connectivity index is 1.67. The molecule has 29 heavy (non-hydrogen) atoms. The van der Waals surface area contributed by atoms with Crippen molar-refractivity contribution in [1.82, 2.24) is 10.2 Å². The van der Waals surface area contributed by atoms with Crippen molar-refractivity contribution in [3.63, 3.8) is 0 Å². The van der Waals surface area contributed by atoms with Crippen LogP contribution in [0.2, 0.25) is 10.0 Å². The minimum atomic E-state index is -0.559. The molecule has 0 radical (unpaired) electrons. The molecule has 0 aliphatic carbocycles. The number of halogens is 2. The molecule has 3 rings (SSSR count). The van der Waals surface area contributed by atoms with Gasteiger partial charge in [0, 0.05) is 25.7 Å². The maximum absolute atomic E-state index is 12.1. The first-order valence-corrected chi connectivity index (χ1v) is 11.1. The SMILES string of the molecule is CCCNC(=O)C[C@H]1CC[C@H]2[C@@H](COC[C@H](O)CN2Cc2ccc(Cl)c(Cl)c2)O1. The van der Waals surface area contributed by atoms with Gasteiger partial charge in [0.2, 0.25) is 5.91 Å². The van der Waals surface area contributed by atoms with E-state index >= 15 is 0 Å². The number of carbonyl (C=O) groups is 1. The number of aliphatic hydroxyl groups excluding tert-OH is 1. The van der Waals surface area contributed by atoms with Gasteiger partial charge in [0.15, 0.2) is 0 Å². The minimum absolute atomic E-state index is 0.0325. The van der Waals surface area contributed by atoms with Crippen LogP contribution >= 0.6 is 23.2 Å². The number of hydrogen-bond acceptors (Lipinski definition) is 5. The summed E-state index contributed by atoms with van der Waals surface area (Å²) in [5.74, 6) is 0.0325. The molecular weight excluding hydrogens is 415 g/mol. The first-order chi connectivity index (χ1) is 14.0. The summed E-state index contributed by atoms with van der Waals surface area (Å²) in [6, 6.07) is 5.72. The lowest BCUT2D eigenvalue weighted by atomic mass is 9.94. The third-order valence-corrected chi connectivity index (χ3v) is 6.18. The van der Waals surface area contributed by atoms with E-state index in [0.29, 0.717) is 42.7 Å². The van der Waals surface area contributed by atoms with Crippen LogP contribution in [0.4, 0.5) is 0 Å². The monoisotopic (exact) mass is 444 g/mol. The number of β-amino-alcohol motifs (C(OH)–C–C–N with tert-alkyl or cyclic N) is 1. The summed E-state index contributed by atoms with van der Waals surface area (Å²) < 4.78 is 11.9. The van der Waals surface area contributed by atoms with Gasteiger partial charge in [-0.2, -0.15) is 0 Å². The average Bonchev–Trinajstić information content (AvgIpc) is 2.68. The summed E-state index contributed by atoms with van der Waals surface area (Å²) in [6.45, 7) is 4.53. The summed E-state index contributed by atoms with van der Waals surface area (Å²) in [4.78, 5) is 14.3. The van der Waals surface area contributed by atoms with Crippen LogP contribution in [-0.2, 0) is 20.8 Å². The number of benzene rings is 1. The van der Waals surface area contributed by atoms with Crippen molar-refractivity contribution in [2.75, 3.05) is 26.3 Å². The quantitative estimate of drug-likeness (QED) is 0.705. The Morgan fingerprint density at radius 2 is 2.10 bits per heavy atom. The number of aliphatic hydroxyl groups is 1. The zero-order valence-corrected chi connectivity index (χ0v) is 18.3. The third-order valence-electron chi connectivity index (χ3n) is 5.44. The van der Waals surface area contributed by atoms with E-state index in [1.54, 1.807) is 6.07 Å². The van der Waals surface area contributed by atoms with Crippen molar-refractivity contribution in [2.45, 2.75) is 63.5 Å². The van der Waals surface area contributed by atoms with Gasteiger partial charge in [-0.05, 0) is 37.0 Å². The Kier molecular flexibility index (Phi) is 8.59. The number of amides is 1. The first kappa shape index (κ1) is 22.8. The predicted molar refractivity (Wildman–Crippen MR) is 113 cm³/mol. The minimum Gasteiger partial charge on any atom is -0.389 e. The molecule has 1 amide bonds. The van der Waals surface area contributed by atoms with Crippen LogP contribution in [0, 0.1) is 0 Å². The first-order valence-electron chi connectivity index (χ1n) is 10.3. The predicted octanol–water partition coefficient (Wildman–Crippen LogP) is 3.02. The molecule has 2 aliphatic rings. The smallest absolute Gasteiger partial charge is 0.222 e. The molecule has 2 aliphatic heterocycles. The Labute approximate surface area is 182 Å². The van der Waals surface area contributed by atoms with E-state index in [2.05, 4.69) is 10.2 Å². The highest BCUT2D eigenvalue weighted by Gasteiger charge is 2.38. The van der Waals surface area contributed by atoms with Gasteiger partial charge in [0.25, 0.3) is 0 Å². The number of fused-ring (bicyclic) bond motifs is 1. The normalized spacial score (nSPS) is 28.3. The number of nitrogens with one attached hydrogen (secondary N) is 1. The fourth-order valence-corrected chi connectivity index (χ4v) is 4.36. The van der Waals surface area contributed by atoms with Crippen molar-refractivity contribution in [2.24, 2.45) is 0 Å². The van der Waals surface area contributed by atoms with Crippen molar-refractivity contribution >= 4 is 29.1 Å². The van der Waals surface area contributed by atoms with E-state index < -0.39 is 6.10 Å². The molecule has 0 spiro atoms. The largest absolute Gasteiger partial charge is 0.389 e. The second kappa shape index (κ2) is 10.9. The lowest BCUT2D eigenvalue weighted by Gasteiger charge is -2.44. The van der Waals surface area contributed by atoms with Gasteiger partial charge < -0.3 is 19.9 Å². The van der Waals surface area contributed by atoms with Crippen molar-refractivity contribution in [1.29, 1.82) is 0 Å². The Bertz CT molecular complexity index is 691. The van der Waals surface area contributed by atoms with Crippen molar-refractivity contribution < 1.29 is 19.4 Å². The van der Waals surface area contributed by atoms with E-state index in [9.17, 15) is 9.90 Å². The molecule has 0 unspecified atom stereocenters. The number of ether oxygens (including phenoxy) is 2. The molecular formula is C21H30Cl2N2O4. The summed E-state index contributed by atoms with van der Waals surface area (Å²) in [6.07, 6.45) is 2.18. The van der Waals surface area contributed by atoms with Gasteiger partial charge in [-0.3, -0.25) is 9.69 Å². The van der Waals surface area contributed by atoms with E-state index in [-0.39, 0.29) is 30.8 Å². The topological polar surface area (TPSA) is 71.0 Å². The highest BCUT2D eigenvalue weighted by atomic mass is 35.5. The zero-order valence-electron chi connectivity index (χ0n) is 16.8. The van der Waals surface area contributed by atoms with Crippen LogP contribution in [0.1, 0.15) is 38.2 Å². The summed E-state index contributed by atoms with van der Waals surface area (Å²) >= 11 is 12.2. The number of carbonyl (C=O) groups excluding carboxylic acids is 1. The number of rotatable bonds is 6. The van der Waals surface area contributed by atoms with Crippen LogP contribution in [0.15, 0.2) is 18.2 Å². The molecule has 4 atom stereocenters. The van der Waals surface area contributed by atoms with E-state index in [1.165, 1.54) is 0 Å². The van der Waals surface area contributed by atoms with Crippen LogP contribution in [-0.4, -0.2) is 66.6 Å². The molecule has 162 valence electrons. The Morgan fingerprint density at radius 1 is 1.28 bits per heavy atom. The van der Waals surface area contributed by atoms with E-state index in [1.807, 2.05) is 19.1 Å². The maximum atomic E-state index is 12.1. The molecule has 1 aromatic rings. The zero-order chi connectivity index (χ0) is 20.8. The van der Waals surface area contributed by atoms with Gasteiger partial charge in [-0.15, -0.1) is 0 Å². The molecule has 0 saturated carbocycles. The number of nitrogens with zero attached hydrogens (tertiary/aromatic N) is 1. The second-order valence-corrected chi connectivity index (χ2v) is 8.68. The fraction of sp³-hybridized carbons (Fsp3) is 0.667. The summed E-state index contributed by atoms with van der Waals surface area (Å²) in [7, 11) is 0. The van der Waals surface area contributed by atoms with Gasteiger partial charge in [0.05, 0.1) is 48.0 Å². The fourth-order valence-electron chi connectivity index (χ4n) is 4.04. The molecule has 2 saturated heterocycles. The van der Waals surface area contributed by atoms with E-state index in [4.69, 9.17) is 32.7 Å². The molecule has 2 N–H and O–H groups in total. The molecule has 6 nitrogen and oxygen atoms in total. The third kappa shape index (κ3) is 6.54. The Morgan fingerprint density at radius 3 is 2.86 bits per heavy atom. The van der Waals surface area contributed by atoms with Gasteiger partial charge in [0.1, 0.15) is 0 Å². The maximum Gasteiger partial charge on any atom is 0.222 e. The lowest BCUT2D eigenvalue weighted by molar-refractivity contribution is -0.158. The molecule has 2 fully saturated rings. The van der Waals surface area contributed by atoms with Crippen molar-refractivity contribution in [3.8, 4) is 0 Å². The molecule has 8 heteroatoms. The summed E-state index contributed by atoms with van der Waals surface area (Å²) in [5.41, 5.74) is 1.04. The van der Waals surface area contributed by atoms with Crippen LogP contribution in [0.25, 0.3) is 0 Å². The van der Waals surface area contributed by atoms with Gasteiger partial charge in [-0.25, -0.2) is 0 Å². The molecule has 2 heterocycles. The van der Waals surface area contributed by atoms with Crippen LogP contribution < -0.4 is 5.32 Å². The van der Waals surface area contributed by atoms with Crippen LogP contribution in [0.5, 0.6) is 0 Å². The average molecular weight is 445 g/mol. The highest BCUT2D eigenvalue weighted by molar-refractivity contribution is 6.42. The Hall–Kier alpha value is -0.890. The second-order valence-electron chi connectivity index (χ2n) is 7.86. The lowest BCUT2D eigenvalue weighted by Crippen LogP contribution is -2.55. The standard InChI is InChI=1S/C21H30Cl2N2O4/c1-2-7-24-21(27)9-16-4-6-19-20(29-16)13-28-12-15(26)11-25(19)10-14-3-5-17(22)18(23)8-14/h3,5,8,15-16,19-20,26H,2,4,6-7,9-13H2,1H3,(H,24,27)/t15-,16-,19+,20-/m1/s1. The summed E-state index contributed by atoms with van der Waals surface area (Å²) in [5, 5.41) is 14.3. The highest BCUT2D eigenvalue weighted by Crippen LogP contribution is 2.30. The van der Waals surface area contributed by atoms with Crippen molar-refractivity contribution in [3.05, 3.63) is 33.8 Å². The molecule has 1 aromatic carbocycles.